The summed E-state index contributed by atoms with van der Waals surface area (Å²) in [5, 5.41) is 0. The number of hydrogen-bond donors (Lipinski definition) is 1. The molecule has 0 bridgehead atoms. The first-order chi connectivity index (χ1) is 7.36. The molecule has 2 nitrogen and oxygen atoms in total. The summed E-state index contributed by atoms with van der Waals surface area (Å²) >= 11 is 0. The van der Waals surface area contributed by atoms with Crippen LogP contribution in [0.15, 0.2) is 11.6 Å². The van der Waals surface area contributed by atoms with Gasteiger partial charge in [-0.1, -0.05) is 18.6 Å². The molecule has 5 heteroatoms. The molecule has 16 heavy (non-hydrogen) atoms. The lowest BCUT2D eigenvalue weighted by molar-refractivity contribution is -0.188. The molecular weight excluding hydrogens is 217 g/mol. The summed E-state index contributed by atoms with van der Waals surface area (Å²) in [7, 11) is 0. The summed E-state index contributed by atoms with van der Waals surface area (Å²) in [5.74, 6) is 0. The van der Waals surface area contributed by atoms with E-state index in [9.17, 15) is 13.2 Å². The highest BCUT2D eigenvalue weighted by Gasteiger charge is 2.46. The van der Waals surface area contributed by atoms with Gasteiger partial charge >= 0.3 is 6.18 Å². The molecule has 2 atom stereocenters. The molecule has 0 amide bonds. The van der Waals surface area contributed by atoms with E-state index >= 15 is 0 Å². The zero-order chi connectivity index (χ0) is 12.3. The van der Waals surface area contributed by atoms with Crippen LogP contribution in [0.3, 0.4) is 0 Å². The lowest BCUT2D eigenvalue weighted by Crippen LogP contribution is -2.56. The number of nitrogens with zero attached hydrogens (tertiary/aromatic N) is 1. The number of hydrogen-bond acceptors (Lipinski definition) is 2. The van der Waals surface area contributed by atoms with E-state index in [1.165, 1.54) is 4.90 Å². The van der Waals surface area contributed by atoms with Crippen LogP contribution in [-0.4, -0.2) is 36.2 Å². The number of alkyl halides is 3. The molecule has 2 unspecified atom stereocenters. The van der Waals surface area contributed by atoms with E-state index in [4.69, 9.17) is 5.73 Å². The van der Waals surface area contributed by atoms with E-state index < -0.39 is 18.3 Å². The molecular formula is C11H19F3N2. The van der Waals surface area contributed by atoms with Gasteiger partial charge in [-0.25, -0.2) is 0 Å². The molecule has 0 aromatic heterocycles. The lowest BCUT2D eigenvalue weighted by Gasteiger charge is -2.37. The number of rotatable bonds is 3. The SMILES string of the molecule is CCC(N)C(N1CC=C(C)CC1)C(F)(F)F. The second kappa shape index (κ2) is 5.19. The van der Waals surface area contributed by atoms with Crippen molar-refractivity contribution >= 4 is 0 Å². The van der Waals surface area contributed by atoms with Crippen molar-refractivity contribution in [1.29, 1.82) is 0 Å². The van der Waals surface area contributed by atoms with Gasteiger partial charge in [-0.05, 0) is 19.8 Å². The van der Waals surface area contributed by atoms with Gasteiger partial charge in [0.2, 0.25) is 0 Å². The van der Waals surface area contributed by atoms with Gasteiger partial charge in [-0.15, -0.1) is 0 Å². The molecule has 1 aliphatic rings. The second-order valence-corrected chi connectivity index (χ2v) is 4.35. The molecule has 0 fully saturated rings. The minimum absolute atomic E-state index is 0.337. The minimum atomic E-state index is -4.24. The highest BCUT2D eigenvalue weighted by Crippen LogP contribution is 2.29. The van der Waals surface area contributed by atoms with Crippen LogP contribution in [-0.2, 0) is 0 Å². The van der Waals surface area contributed by atoms with Crippen LogP contribution in [0.5, 0.6) is 0 Å². The highest BCUT2D eigenvalue weighted by atomic mass is 19.4. The van der Waals surface area contributed by atoms with Crippen molar-refractivity contribution in [2.24, 2.45) is 5.73 Å². The van der Waals surface area contributed by atoms with E-state index in [1.54, 1.807) is 6.92 Å². The van der Waals surface area contributed by atoms with Gasteiger partial charge in [0.05, 0.1) is 0 Å². The van der Waals surface area contributed by atoms with Crippen LogP contribution in [0.25, 0.3) is 0 Å². The maximum Gasteiger partial charge on any atom is 0.405 e. The largest absolute Gasteiger partial charge is 0.405 e. The van der Waals surface area contributed by atoms with E-state index in [0.717, 1.165) is 5.57 Å². The van der Waals surface area contributed by atoms with E-state index in [-0.39, 0.29) is 0 Å². The number of halogens is 3. The first-order valence-electron chi connectivity index (χ1n) is 5.58. The van der Waals surface area contributed by atoms with Crippen LogP contribution in [0.2, 0.25) is 0 Å². The van der Waals surface area contributed by atoms with Crippen LogP contribution in [0.1, 0.15) is 26.7 Å². The van der Waals surface area contributed by atoms with E-state index in [1.807, 2.05) is 13.0 Å². The van der Waals surface area contributed by atoms with Crippen molar-refractivity contribution in [2.75, 3.05) is 13.1 Å². The Balaban J connectivity index is 2.78. The van der Waals surface area contributed by atoms with E-state index in [0.29, 0.717) is 25.9 Å². The molecule has 0 spiro atoms. The zero-order valence-corrected chi connectivity index (χ0v) is 9.72. The van der Waals surface area contributed by atoms with Crippen LogP contribution in [0, 0.1) is 0 Å². The average molecular weight is 236 g/mol. The smallest absolute Gasteiger partial charge is 0.326 e. The predicted molar refractivity (Wildman–Crippen MR) is 58.1 cm³/mol. The number of nitrogens with two attached hydrogens (primary N) is 1. The fraction of sp³-hybridized carbons (Fsp3) is 0.818. The molecule has 1 aliphatic heterocycles. The van der Waals surface area contributed by atoms with Crippen molar-refractivity contribution in [3.05, 3.63) is 11.6 Å². The van der Waals surface area contributed by atoms with Crippen LogP contribution in [0.4, 0.5) is 13.2 Å². The summed E-state index contributed by atoms with van der Waals surface area (Å²) in [5.41, 5.74) is 6.74. The van der Waals surface area contributed by atoms with Gasteiger partial charge in [-0.2, -0.15) is 13.2 Å². The molecule has 0 saturated carbocycles. The average Bonchev–Trinajstić information content (AvgIpc) is 2.19. The lowest BCUT2D eigenvalue weighted by atomic mass is 10.0. The molecule has 0 aromatic rings. The Morgan fingerprint density at radius 2 is 2.12 bits per heavy atom. The second-order valence-electron chi connectivity index (χ2n) is 4.35. The predicted octanol–water partition coefficient (Wildman–Crippen LogP) is 2.31. The standard InChI is InChI=1S/C11H19F3N2/c1-3-9(15)10(11(12,13)14)16-6-4-8(2)5-7-16/h4,9-10H,3,5-7,15H2,1-2H3. The maximum atomic E-state index is 12.9. The summed E-state index contributed by atoms with van der Waals surface area (Å²) in [4.78, 5) is 1.43. The normalized spacial score (nSPS) is 22.8. The third-order valence-electron chi connectivity index (χ3n) is 3.07. The first kappa shape index (κ1) is 13.5. The highest BCUT2D eigenvalue weighted by molar-refractivity contribution is 5.06. The van der Waals surface area contributed by atoms with Crippen molar-refractivity contribution in [1.82, 2.24) is 4.90 Å². The fourth-order valence-electron chi connectivity index (χ4n) is 1.98. The molecule has 0 saturated heterocycles. The molecule has 0 aliphatic carbocycles. The van der Waals surface area contributed by atoms with Gasteiger partial charge in [0.15, 0.2) is 0 Å². The van der Waals surface area contributed by atoms with Crippen molar-refractivity contribution in [2.45, 2.75) is 44.9 Å². The molecule has 1 rings (SSSR count). The van der Waals surface area contributed by atoms with E-state index in [2.05, 4.69) is 0 Å². The Morgan fingerprint density at radius 1 is 1.50 bits per heavy atom. The van der Waals surface area contributed by atoms with Gasteiger partial charge in [0, 0.05) is 19.1 Å². The van der Waals surface area contributed by atoms with Gasteiger partial charge < -0.3 is 5.73 Å². The topological polar surface area (TPSA) is 29.3 Å². The summed E-state index contributed by atoms with van der Waals surface area (Å²) in [6, 6.07) is -2.35. The van der Waals surface area contributed by atoms with Crippen molar-refractivity contribution in [3.63, 3.8) is 0 Å². The maximum absolute atomic E-state index is 12.9. The molecule has 2 N–H and O–H groups in total. The monoisotopic (exact) mass is 236 g/mol. The quantitative estimate of drug-likeness (QED) is 0.762. The summed E-state index contributed by atoms with van der Waals surface area (Å²) in [6.07, 6.45) is -1.36. The fourth-order valence-corrected chi connectivity index (χ4v) is 1.98. The van der Waals surface area contributed by atoms with Gasteiger partial charge in [0.25, 0.3) is 0 Å². The summed E-state index contributed by atoms with van der Waals surface area (Å²) in [6.45, 7) is 4.43. The Kier molecular flexibility index (Phi) is 4.38. The third kappa shape index (κ3) is 3.22. The Labute approximate surface area is 94.3 Å². The molecule has 0 radical (unpaired) electrons. The zero-order valence-electron chi connectivity index (χ0n) is 9.72. The molecule has 1 heterocycles. The van der Waals surface area contributed by atoms with Crippen molar-refractivity contribution < 1.29 is 13.2 Å². The van der Waals surface area contributed by atoms with Gasteiger partial charge in [-0.3, -0.25) is 4.90 Å². The van der Waals surface area contributed by atoms with Crippen LogP contribution >= 0.6 is 0 Å². The Morgan fingerprint density at radius 3 is 2.50 bits per heavy atom. The minimum Gasteiger partial charge on any atom is -0.326 e. The Hall–Kier alpha value is -0.550. The molecule has 94 valence electrons. The molecule has 0 aromatic carbocycles. The Bertz CT molecular complexity index is 260. The van der Waals surface area contributed by atoms with Crippen molar-refractivity contribution in [3.8, 4) is 0 Å². The van der Waals surface area contributed by atoms with Crippen LogP contribution < -0.4 is 5.73 Å². The third-order valence-corrected chi connectivity index (χ3v) is 3.07. The first-order valence-corrected chi connectivity index (χ1v) is 5.58. The summed E-state index contributed by atoms with van der Waals surface area (Å²) < 4.78 is 38.7. The van der Waals surface area contributed by atoms with Gasteiger partial charge in [0.1, 0.15) is 6.04 Å².